The van der Waals surface area contributed by atoms with Crippen molar-refractivity contribution in [2.24, 2.45) is 5.92 Å². The van der Waals surface area contributed by atoms with Crippen LogP contribution in [0.25, 0.3) is 10.9 Å². The zero-order chi connectivity index (χ0) is 25.8. The van der Waals surface area contributed by atoms with Crippen LogP contribution in [0.2, 0.25) is 5.02 Å². The summed E-state index contributed by atoms with van der Waals surface area (Å²) in [5, 5.41) is 3.90. The first-order valence-electron chi connectivity index (χ1n) is 12.6. The van der Waals surface area contributed by atoms with Crippen LogP contribution in [0.4, 0.5) is 15.9 Å². The summed E-state index contributed by atoms with van der Waals surface area (Å²) >= 11 is 5.93. The number of nitrogens with zero attached hydrogens (tertiary/aromatic N) is 3. The molecule has 1 aromatic heterocycles. The van der Waals surface area contributed by atoms with Crippen molar-refractivity contribution in [2.75, 3.05) is 38.7 Å². The Morgan fingerprint density at radius 1 is 1.30 bits per heavy atom. The molecule has 0 radical (unpaired) electrons. The first kappa shape index (κ1) is 25.6. The second kappa shape index (κ2) is 11.5. The van der Waals surface area contributed by atoms with Crippen LogP contribution in [0.1, 0.15) is 24.8 Å². The minimum atomic E-state index is -0.495. The quantitative estimate of drug-likeness (QED) is 0.398. The fraction of sp³-hybridized carbons (Fsp3) is 0.393. The van der Waals surface area contributed by atoms with Crippen LogP contribution in [0.3, 0.4) is 0 Å². The molecule has 2 fully saturated rings. The largest absolute Gasteiger partial charge is 0.496 e. The van der Waals surface area contributed by atoms with Gasteiger partial charge in [-0.2, -0.15) is 0 Å². The maximum absolute atomic E-state index is 13.6. The Kier molecular flexibility index (Phi) is 7.98. The number of ketones is 1. The zero-order valence-corrected chi connectivity index (χ0v) is 21.5. The molecule has 0 spiro atoms. The second-order valence-corrected chi connectivity index (χ2v) is 9.94. The van der Waals surface area contributed by atoms with E-state index in [4.69, 9.17) is 21.1 Å². The van der Waals surface area contributed by atoms with Crippen molar-refractivity contribution in [1.82, 2.24) is 14.9 Å². The van der Waals surface area contributed by atoms with Gasteiger partial charge in [-0.15, -0.1) is 0 Å². The summed E-state index contributed by atoms with van der Waals surface area (Å²) in [7, 11) is 1.57. The molecule has 3 aromatic rings. The molecule has 0 bridgehead atoms. The summed E-state index contributed by atoms with van der Waals surface area (Å²) in [6.07, 6.45) is 8.92. The molecular formula is C28H30ClFN4O3. The number of benzene rings is 2. The Labute approximate surface area is 220 Å². The fourth-order valence-corrected chi connectivity index (χ4v) is 5.52. The number of aromatic nitrogens is 2. The minimum absolute atomic E-state index is 0.0108. The van der Waals surface area contributed by atoms with Crippen molar-refractivity contribution in [1.29, 1.82) is 0 Å². The lowest BCUT2D eigenvalue weighted by atomic mass is 10.0. The Morgan fingerprint density at radius 3 is 3.03 bits per heavy atom. The SMILES string of the molecule is COc1cc2ncnc(Nc3ccc(F)c(Cl)c3)c2cc1CC(=O)/C=C/CN1CCOCC2CCCC21. The molecule has 1 saturated carbocycles. The van der Waals surface area contributed by atoms with Gasteiger partial charge in [-0.3, -0.25) is 9.69 Å². The number of ether oxygens (including phenoxy) is 2. The van der Waals surface area contributed by atoms with Crippen LogP contribution in [0, 0.1) is 11.7 Å². The number of rotatable bonds is 8. The highest BCUT2D eigenvalue weighted by atomic mass is 35.5. The second-order valence-electron chi connectivity index (χ2n) is 9.53. The molecule has 1 aliphatic carbocycles. The number of carbonyl (C=O) groups excluding carboxylic acids is 1. The van der Waals surface area contributed by atoms with Gasteiger partial charge in [0.15, 0.2) is 5.78 Å². The van der Waals surface area contributed by atoms with Gasteiger partial charge >= 0.3 is 0 Å². The molecule has 2 aromatic carbocycles. The number of anilines is 2. The van der Waals surface area contributed by atoms with Crippen molar-refractivity contribution < 1.29 is 18.7 Å². The third kappa shape index (κ3) is 5.92. The van der Waals surface area contributed by atoms with Crippen molar-refractivity contribution in [3.05, 3.63) is 65.2 Å². The van der Waals surface area contributed by atoms with Gasteiger partial charge in [0.05, 0.1) is 30.9 Å². The molecule has 7 nitrogen and oxygen atoms in total. The van der Waals surface area contributed by atoms with Gasteiger partial charge in [-0.1, -0.05) is 24.1 Å². The van der Waals surface area contributed by atoms with E-state index in [1.807, 2.05) is 12.1 Å². The first-order valence-corrected chi connectivity index (χ1v) is 12.9. The number of allylic oxidation sites excluding steroid dienone is 1. The normalized spacial score (nSPS) is 20.2. The van der Waals surface area contributed by atoms with E-state index in [0.717, 1.165) is 31.9 Å². The van der Waals surface area contributed by atoms with Gasteiger partial charge in [0.2, 0.25) is 0 Å². The summed E-state index contributed by atoms with van der Waals surface area (Å²) < 4.78 is 24.9. The number of fused-ring (bicyclic) bond motifs is 2. The smallest absolute Gasteiger partial charge is 0.159 e. The van der Waals surface area contributed by atoms with Crippen LogP contribution in [-0.4, -0.2) is 60.1 Å². The summed E-state index contributed by atoms with van der Waals surface area (Å²) in [6.45, 7) is 3.23. The van der Waals surface area contributed by atoms with Crippen LogP contribution in [0.15, 0.2) is 48.8 Å². The lowest BCUT2D eigenvalue weighted by molar-refractivity contribution is -0.114. The van der Waals surface area contributed by atoms with Crippen molar-refractivity contribution >= 4 is 39.8 Å². The molecule has 2 aliphatic rings. The fourth-order valence-electron chi connectivity index (χ4n) is 5.33. The molecule has 1 N–H and O–H groups in total. The number of hydrogen-bond acceptors (Lipinski definition) is 7. The summed E-state index contributed by atoms with van der Waals surface area (Å²) in [5.74, 6) is 1.20. The maximum atomic E-state index is 13.6. The van der Waals surface area contributed by atoms with E-state index in [1.54, 1.807) is 25.3 Å². The lowest BCUT2D eigenvalue weighted by Crippen LogP contribution is -2.38. The van der Waals surface area contributed by atoms with E-state index < -0.39 is 5.82 Å². The van der Waals surface area contributed by atoms with Gasteiger partial charge in [0, 0.05) is 48.3 Å². The van der Waals surface area contributed by atoms with Gasteiger partial charge in [0.25, 0.3) is 0 Å². The maximum Gasteiger partial charge on any atom is 0.159 e. The molecule has 2 atom stereocenters. The molecule has 37 heavy (non-hydrogen) atoms. The Morgan fingerprint density at radius 2 is 2.19 bits per heavy atom. The molecule has 2 unspecified atom stereocenters. The molecular weight excluding hydrogens is 495 g/mol. The van der Waals surface area contributed by atoms with E-state index in [2.05, 4.69) is 20.2 Å². The number of halogens is 2. The summed E-state index contributed by atoms with van der Waals surface area (Å²) in [6, 6.07) is 8.57. The van der Waals surface area contributed by atoms with Gasteiger partial charge in [-0.25, -0.2) is 14.4 Å². The highest BCUT2D eigenvalue weighted by Crippen LogP contribution is 2.32. The van der Waals surface area contributed by atoms with Gasteiger partial charge in [-0.05, 0) is 49.1 Å². The van der Waals surface area contributed by atoms with Crippen LogP contribution < -0.4 is 10.1 Å². The third-order valence-electron chi connectivity index (χ3n) is 7.17. The Bertz CT molecular complexity index is 1320. The molecule has 1 saturated heterocycles. The van der Waals surface area contributed by atoms with Crippen LogP contribution >= 0.6 is 11.6 Å². The average molecular weight is 525 g/mol. The summed E-state index contributed by atoms with van der Waals surface area (Å²) in [4.78, 5) is 24.1. The molecule has 194 valence electrons. The summed E-state index contributed by atoms with van der Waals surface area (Å²) in [5.41, 5.74) is 1.98. The Balaban J connectivity index is 1.32. The standard InChI is InChI=1S/C28H30ClFN4O3/c1-36-27-15-25-22(28(32-17-31-25)33-20-7-8-24(30)23(29)14-20)13-19(27)12-21(35)5-3-9-34-10-11-37-16-18-4-2-6-26(18)34/h3,5,7-8,13-15,17-18,26H,2,4,6,9-12,16H2,1H3,(H,31,32,33)/b5-3+. The lowest BCUT2D eigenvalue weighted by Gasteiger charge is -2.28. The Hall–Kier alpha value is -3.07. The molecule has 2 heterocycles. The van der Waals surface area contributed by atoms with E-state index in [-0.39, 0.29) is 17.2 Å². The van der Waals surface area contributed by atoms with Crippen LogP contribution in [-0.2, 0) is 16.0 Å². The number of hydrogen-bond donors (Lipinski definition) is 1. The minimum Gasteiger partial charge on any atom is -0.496 e. The van der Waals surface area contributed by atoms with E-state index in [9.17, 15) is 9.18 Å². The third-order valence-corrected chi connectivity index (χ3v) is 7.46. The average Bonchev–Trinajstić information content (AvgIpc) is 3.27. The van der Waals surface area contributed by atoms with E-state index in [1.165, 1.54) is 37.7 Å². The van der Waals surface area contributed by atoms with E-state index >= 15 is 0 Å². The highest BCUT2D eigenvalue weighted by molar-refractivity contribution is 6.31. The molecule has 0 amide bonds. The van der Waals surface area contributed by atoms with Crippen molar-refractivity contribution in [3.8, 4) is 5.75 Å². The predicted molar refractivity (Wildman–Crippen MR) is 142 cm³/mol. The zero-order valence-electron chi connectivity index (χ0n) is 20.8. The van der Waals surface area contributed by atoms with Gasteiger partial charge in [0.1, 0.15) is 23.7 Å². The monoisotopic (exact) mass is 524 g/mol. The first-order chi connectivity index (χ1) is 18.0. The van der Waals surface area contributed by atoms with Crippen molar-refractivity contribution in [2.45, 2.75) is 31.7 Å². The number of methoxy groups -OCH3 is 1. The number of carbonyl (C=O) groups is 1. The highest BCUT2D eigenvalue weighted by Gasteiger charge is 2.33. The topological polar surface area (TPSA) is 76.6 Å². The van der Waals surface area contributed by atoms with Gasteiger partial charge < -0.3 is 14.8 Å². The van der Waals surface area contributed by atoms with Crippen molar-refractivity contribution in [3.63, 3.8) is 0 Å². The molecule has 9 heteroatoms. The van der Waals surface area contributed by atoms with E-state index in [0.29, 0.717) is 40.1 Å². The molecule has 1 aliphatic heterocycles. The number of nitrogens with one attached hydrogen (secondary N) is 1. The van der Waals surface area contributed by atoms with Crippen LogP contribution in [0.5, 0.6) is 5.75 Å². The predicted octanol–water partition coefficient (Wildman–Crippen LogP) is 5.34. The molecule has 5 rings (SSSR count).